The number of ether oxygens (including phenoxy) is 2. The third-order valence-electron chi connectivity index (χ3n) is 2.37. The van der Waals surface area contributed by atoms with Gasteiger partial charge in [0.2, 0.25) is 0 Å². The SMILES string of the molecule is CCN(CCOCCO)C(COC)C(=O)NN. The lowest BCUT2D eigenvalue weighted by Gasteiger charge is -2.28. The molecule has 1 amide bonds. The lowest BCUT2D eigenvalue weighted by atomic mass is 10.2. The highest BCUT2D eigenvalue weighted by molar-refractivity contribution is 5.81. The van der Waals surface area contributed by atoms with E-state index in [9.17, 15) is 4.79 Å². The van der Waals surface area contributed by atoms with Gasteiger partial charge in [0, 0.05) is 13.7 Å². The molecule has 0 saturated heterocycles. The van der Waals surface area contributed by atoms with E-state index >= 15 is 0 Å². The van der Waals surface area contributed by atoms with Crippen LogP contribution in [0.1, 0.15) is 6.92 Å². The predicted octanol–water partition coefficient (Wildman–Crippen LogP) is -1.68. The predicted molar refractivity (Wildman–Crippen MR) is 63.1 cm³/mol. The van der Waals surface area contributed by atoms with Crippen LogP contribution in [-0.2, 0) is 14.3 Å². The molecule has 102 valence electrons. The number of amides is 1. The summed E-state index contributed by atoms with van der Waals surface area (Å²) in [6, 6.07) is -0.423. The van der Waals surface area contributed by atoms with Crippen LogP contribution in [0.2, 0.25) is 0 Å². The fourth-order valence-corrected chi connectivity index (χ4v) is 1.48. The van der Waals surface area contributed by atoms with Crippen molar-refractivity contribution >= 4 is 5.91 Å². The monoisotopic (exact) mass is 249 g/mol. The third kappa shape index (κ3) is 6.54. The van der Waals surface area contributed by atoms with Gasteiger partial charge in [-0.1, -0.05) is 6.92 Å². The van der Waals surface area contributed by atoms with Gasteiger partial charge in [0.25, 0.3) is 5.91 Å². The molecule has 0 saturated carbocycles. The van der Waals surface area contributed by atoms with Crippen LogP contribution in [0.5, 0.6) is 0 Å². The largest absolute Gasteiger partial charge is 0.394 e. The minimum Gasteiger partial charge on any atom is -0.394 e. The molecule has 0 aliphatic carbocycles. The van der Waals surface area contributed by atoms with Crippen molar-refractivity contribution in [3.8, 4) is 0 Å². The number of methoxy groups -OCH3 is 1. The molecule has 0 aliphatic rings. The smallest absolute Gasteiger partial charge is 0.253 e. The lowest BCUT2D eigenvalue weighted by molar-refractivity contribution is -0.128. The number of hydrogen-bond acceptors (Lipinski definition) is 6. The number of carbonyl (C=O) groups is 1. The van der Waals surface area contributed by atoms with Crippen molar-refractivity contribution in [3.05, 3.63) is 0 Å². The third-order valence-corrected chi connectivity index (χ3v) is 2.37. The molecular weight excluding hydrogens is 226 g/mol. The molecule has 0 heterocycles. The summed E-state index contributed by atoms with van der Waals surface area (Å²) in [5.41, 5.74) is 2.12. The Labute approximate surface area is 102 Å². The Bertz CT molecular complexity index is 204. The van der Waals surface area contributed by atoms with E-state index in [2.05, 4.69) is 5.43 Å². The van der Waals surface area contributed by atoms with Gasteiger partial charge >= 0.3 is 0 Å². The summed E-state index contributed by atoms with van der Waals surface area (Å²) in [6.07, 6.45) is 0. The van der Waals surface area contributed by atoms with E-state index in [4.69, 9.17) is 20.4 Å². The van der Waals surface area contributed by atoms with Crippen molar-refractivity contribution in [3.63, 3.8) is 0 Å². The van der Waals surface area contributed by atoms with Gasteiger partial charge in [0.1, 0.15) is 6.04 Å². The standard InChI is InChI=1S/C10H23N3O4/c1-3-13(4-6-17-7-5-14)9(8-16-2)10(15)12-11/h9,14H,3-8,11H2,1-2H3,(H,12,15). The molecule has 0 aromatic rings. The molecule has 4 N–H and O–H groups in total. The molecule has 0 radical (unpaired) electrons. The first-order valence-electron chi connectivity index (χ1n) is 5.63. The molecule has 0 rings (SSSR count). The minimum atomic E-state index is -0.423. The van der Waals surface area contributed by atoms with Crippen LogP contribution in [-0.4, -0.2) is 68.6 Å². The molecule has 0 fully saturated rings. The number of aliphatic hydroxyl groups excluding tert-OH is 1. The van der Waals surface area contributed by atoms with E-state index in [1.54, 1.807) is 0 Å². The maximum Gasteiger partial charge on any atom is 0.253 e. The second-order valence-corrected chi connectivity index (χ2v) is 3.44. The molecule has 17 heavy (non-hydrogen) atoms. The molecule has 0 bridgehead atoms. The zero-order chi connectivity index (χ0) is 13.1. The van der Waals surface area contributed by atoms with E-state index < -0.39 is 6.04 Å². The number of nitrogens with two attached hydrogens (primary N) is 1. The Hall–Kier alpha value is -0.730. The molecule has 1 unspecified atom stereocenters. The van der Waals surface area contributed by atoms with Crippen molar-refractivity contribution in [2.45, 2.75) is 13.0 Å². The molecule has 7 heteroatoms. The maximum absolute atomic E-state index is 11.6. The number of carbonyl (C=O) groups excluding carboxylic acids is 1. The van der Waals surface area contributed by atoms with Gasteiger partial charge in [-0.05, 0) is 6.54 Å². The zero-order valence-corrected chi connectivity index (χ0v) is 10.5. The van der Waals surface area contributed by atoms with E-state index in [-0.39, 0.29) is 19.1 Å². The first-order chi connectivity index (χ1) is 8.21. The quantitative estimate of drug-likeness (QED) is 0.185. The van der Waals surface area contributed by atoms with Gasteiger partial charge in [-0.25, -0.2) is 5.84 Å². The zero-order valence-electron chi connectivity index (χ0n) is 10.5. The Balaban J connectivity index is 4.19. The number of aliphatic hydroxyl groups is 1. The van der Waals surface area contributed by atoms with Crippen LogP contribution in [0.4, 0.5) is 0 Å². The molecule has 7 nitrogen and oxygen atoms in total. The second-order valence-electron chi connectivity index (χ2n) is 3.44. The lowest BCUT2D eigenvalue weighted by Crippen LogP contribution is -2.52. The number of rotatable bonds is 10. The number of nitrogens with zero attached hydrogens (tertiary/aromatic N) is 1. The summed E-state index contributed by atoms with van der Waals surface area (Å²) in [6.45, 7) is 4.23. The highest BCUT2D eigenvalue weighted by Gasteiger charge is 2.23. The summed E-state index contributed by atoms with van der Waals surface area (Å²) >= 11 is 0. The Morgan fingerprint density at radius 3 is 2.71 bits per heavy atom. The second kappa shape index (κ2) is 10.4. The summed E-state index contributed by atoms with van der Waals surface area (Å²) in [7, 11) is 1.53. The Morgan fingerprint density at radius 2 is 2.24 bits per heavy atom. The number of nitrogens with one attached hydrogen (secondary N) is 1. The molecule has 0 aliphatic heterocycles. The summed E-state index contributed by atoms with van der Waals surface area (Å²) in [5, 5.41) is 8.57. The fraction of sp³-hybridized carbons (Fsp3) is 0.900. The van der Waals surface area contributed by atoms with Crippen molar-refractivity contribution in [2.75, 3.05) is 46.6 Å². The molecule has 0 aromatic heterocycles. The minimum absolute atomic E-state index is 0.00306. The van der Waals surface area contributed by atoms with Crippen LogP contribution in [0.15, 0.2) is 0 Å². The van der Waals surface area contributed by atoms with Gasteiger partial charge < -0.3 is 14.6 Å². The van der Waals surface area contributed by atoms with Gasteiger partial charge in [-0.3, -0.25) is 15.1 Å². The first kappa shape index (κ1) is 16.3. The van der Waals surface area contributed by atoms with Crippen LogP contribution in [0.25, 0.3) is 0 Å². The van der Waals surface area contributed by atoms with Crippen LogP contribution in [0.3, 0.4) is 0 Å². The highest BCUT2D eigenvalue weighted by atomic mass is 16.5. The summed E-state index contributed by atoms with van der Waals surface area (Å²) in [4.78, 5) is 13.5. The number of hydrazine groups is 1. The average Bonchev–Trinajstić information content (AvgIpc) is 2.36. The molecular formula is C10H23N3O4. The van der Waals surface area contributed by atoms with Gasteiger partial charge in [0.15, 0.2) is 0 Å². The van der Waals surface area contributed by atoms with E-state index in [1.807, 2.05) is 11.8 Å². The summed E-state index contributed by atoms with van der Waals surface area (Å²) in [5.74, 6) is 4.84. The molecule has 0 aromatic carbocycles. The number of hydrogen-bond donors (Lipinski definition) is 3. The van der Waals surface area contributed by atoms with Crippen molar-refractivity contribution in [1.29, 1.82) is 0 Å². The van der Waals surface area contributed by atoms with Gasteiger partial charge in [-0.15, -0.1) is 0 Å². The van der Waals surface area contributed by atoms with E-state index in [0.717, 1.165) is 0 Å². The van der Waals surface area contributed by atoms with Crippen molar-refractivity contribution in [2.24, 2.45) is 5.84 Å². The fourth-order valence-electron chi connectivity index (χ4n) is 1.48. The normalized spacial score (nSPS) is 12.8. The van der Waals surface area contributed by atoms with Crippen LogP contribution >= 0.6 is 0 Å². The van der Waals surface area contributed by atoms with Crippen molar-refractivity contribution in [1.82, 2.24) is 10.3 Å². The van der Waals surface area contributed by atoms with Gasteiger partial charge in [-0.2, -0.15) is 0 Å². The topological polar surface area (TPSA) is 97.0 Å². The Morgan fingerprint density at radius 1 is 1.53 bits per heavy atom. The highest BCUT2D eigenvalue weighted by Crippen LogP contribution is 2.00. The molecule has 1 atom stereocenters. The first-order valence-corrected chi connectivity index (χ1v) is 5.63. The van der Waals surface area contributed by atoms with Gasteiger partial charge in [0.05, 0.1) is 26.4 Å². The maximum atomic E-state index is 11.6. The number of likely N-dealkylation sites (N-methyl/N-ethyl adjacent to an activating group) is 1. The molecule has 0 spiro atoms. The van der Waals surface area contributed by atoms with E-state index in [1.165, 1.54) is 7.11 Å². The Kier molecular flexibility index (Phi) is 9.98. The van der Waals surface area contributed by atoms with Crippen LogP contribution < -0.4 is 11.3 Å². The van der Waals surface area contributed by atoms with Crippen LogP contribution in [0, 0.1) is 0 Å². The van der Waals surface area contributed by atoms with E-state index in [0.29, 0.717) is 26.3 Å². The van der Waals surface area contributed by atoms with Crippen molar-refractivity contribution < 1.29 is 19.4 Å². The summed E-state index contributed by atoms with van der Waals surface area (Å²) < 4.78 is 10.2. The average molecular weight is 249 g/mol.